The van der Waals surface area contributed by atoms with Gasteiger partial charge in [-0.15, -0.1) is 0 Å². The van der Waals surface area contributed by atoms with Crippen molar-refractivity contribution in [2.75, 3.05) is 20.3 Å². The number of hydrogen-bond donors (Lipinski definition) is 2. The van der Waals surface area contributed by atoms with Crippen LogP contribution in [0.1, 0.15) is 25.8 Å². The van der Waals surface area contributed by atoms with Crippen LogP contribution in [0.2, 0.25) is 0 Å². The van der Waals surface area contributed by atoms with E-state index in [2.05, 4.69) is 10.0 Å². The van der Waals surface area contributed by atoms with Crippen molar-refractivity contribution in [2.24, 2.45) is 0 Å². The number of hydrogen-bond acceptors (Lipinski definition) is 4. The summed E-state index contributed by atoms with van der Waals surface area (Å²) >= 11 is 0. The Morgan fingerprint density at radius 3 is 2.71 bits per heavy atom. The first kappa shape index (κ1) is 18.0. The van der Waals surface area contributed by atoms with Crippen molar-refractivity contribution in [3.05, 3.63) is 29.6 Å². The lowest BCUT2D eigenvalue weighted by molar-refractivity contribution is 0.180. The third-order valence-electron chi connectivity index (χ3n) is 2.81. The van der Waals surface area contributed by atoms with Crippen LogP contribution in [0, 0.1) is 5.82 Å². The first-order chi connectivity index (χ1) is 9.90. The largest absolute Gasteiger partial charge is 0.383 e. The van der Waals surface area contributed by atoms with Crippen LogP contribution in [0.3, 0.4) is 0 Å². The summed E-state index contributed by atoms with van der Waals surface area (Å²) in [6.45, 7) is 5.24. The van der Waals surface area contributed by atoms with Crippen LogP contribution in [0.15, 0.2) is 23.1 Å². The van der Waals surface area contributed by atoms with Crippen molar-refractivity contribution in [1.29, 1.82) is 0 Å². The number of ether oxygens (including phenoxy) is 1. The third-order valence-corrected chi connectivity index (χ3v) is 4.42. The summed E-state index contributed by atoms with van der Waals surface area (Å²) in [5.74, 6) is -0.758. The number of rotatable bonds is 9. The van der Waals surface area contributed by atoms with Crippen LogP contribution < -0.4 is 10.0 Å². The Labute approximate surface area is 125 Å². The second-order valence-electron chi connectivity index (χ2n) is 4.92. The molecule has 0 aliphatic heterocycles. The fraction of sp³-hybridized carbons (Fsp3) is 0.571. The molecule has 1 atom stereocenters. The predicted octanol–water partition coefficient (Wildman–Crippen LogP) is 1.64. The first-order valence-corrected chi connectivity index (χ1v) is 8.39. The fourth-order valence-corrected chi connectivity index (χ4v) is 3.24. The van der Waals surface area contributed by atoms with Crippen LogP contribution in [0.4, 0.5) is 4.39 Å². The van der Waals surface area contributed by atoms with Gasteiger partial charge in [0.2, 0.25) is 10.0 Å². The second-order valence-corrected chi connectivity index (χ2v) is 6.60. The van der Waals surface area contributed by atoms with Gasteiger partial charge in [0.15, 0.2) is 0 Å². The van der Waals surface area contributed by atoms with Gasteiger partial charge >= 0.3 is 0 Å². The molecule has 0 bridgehead atoms. The van der Waals surface area contributed by atoms with Gasteiger partial charge < -0.3 is 10.1 Å². The highest BCUT2D eigenvalue weighted by molar-refractivity contribution is 7.89. The molecular weight excluding hydrogens is 295 g/mol. The van der Waals surface area contributed by atoms with Gasteiger partial charge in [-0.25, -0.2) is 17.5 Å². The topological polar surface area (TPSA) is 67.4 Å². The molecule has 1 aromatic rings. The van der Waals surface area contributed by atoms with Crippen molar-refractivity contribution in [3.63, 3.8) is 0 Å². The van der Waals surface area contributed by atoms with Crippen molar-refractivity contribution in [2.45, 2.75) is 37.8 Å². The minimum Gasteiger partial charge on any atom is -0.383 e. The highest BCUT2D eigenvalue weighted by Crippen LogP contribution is 2.17. The van der Waals surface area contributed by atoms with E-state index in [1.54, 1.807) is 13.0 Å². The smallest absolute Gasteiger partial charge is 0.243 e. The maximum absolute atomic E-state index is 13.8. The van der Waals surface area contributed by atoms with E-state index in [-0.39, 0.29) is 11.5 Å². The normalized spacial score (nSPS) is 13.3. The second kappa shape index (κ2) is 8.43. The number of benzene rings is 1. The molecule has 1 unspecified atom stereocenters. The molecule has 120 valence electrons. The van der Waals surface area contributed by atoms with Gasteiger partial charge in [-0.2, -0.15) is 0 Å². The molecule has 5 nitrogen and oxygen atoms in total. The van der Waals surface area contributed by atoms with Crippen molar-refractivity contribution < 1.29 is 17.5 Å². The summed E-state index contributed by atoms with van der Waals surface area (Å²) in [6, 6.07) is 3.69. The first-order valence-electron chi connectivity index (χ1n) is 6.91. The average molecular weight is 318 g/mol. The van der Waals surface area contributed by atoms with Gasteiger partial charge in [-0.3, -0.25) is 0 Å². The molecule has 0 aliphatic rings. The minimum absolute atomic E-state index is 0.221. The molecule has 1 aromatic carbocycles. The Hall–Kier alpha value is -1.02. The summed E-state index contributed by atoms with van der Waals surface area (Å²) in [5, 5.41) is 3.15. The summed E-state index contributed by atoms with van der Waals surface area (Å²) < 4.78 is 45.5. The molecule has 0 aliphatic carbocycles. The Bertz CT molecular complexity index is 549. The van der Waals surface area contributed by atoms with Crippen LogP contribution in [-0.2, 0) is 21.3 Å². The van der Waals surface area contributed by atoms with E-state index < -0.39 is 21.9 Å². The van der Waals surface area contributed by atoms with Gasteiger partial charge in [-0.05, 0) is 37.6 Å². The van der Waals surface area contributed by atoms with Crippen LogP contribution >= 0.6 is 0 Å². The quantitative estimate of drug-likeness (QED) is 0.679. The number of sulfonamides is 1. The van der Waals surface area contributed by atoms with E-state index in [4.69, 9.17) is 4.74 Å². The van der Waals surface area contributed by atoms with Crippen molar-refractivity contribution in [1.82, 2.24) is 10.0 Å². The maximum Gasteiger partial charge on any atom is 0.243 e. The van der Waals surface area contributed by atoms with Gasteiger partial charge in [0, 0.05) is 19.7 Å². The molecule has 0 saturated carbocycles. The van der Waals surface area contributed by atoms with Gasteiger partial charge in [0.05, 0.1) is 6.61 Å². The summed E-state index contributed by atoms with van der Waals surface area (Å²) in [5.41, 5.74) is 0.726. The van der Waals surface area contributed by atoms with E-state index in [1.807, 2.05) is 6.92 Å². The lowest BCUT2D eigenvalue weighted by Crippen LogP contribution is -2.36. The van der Waals surface area contributed by atoms with Crippen LogP contribution in [0.25, 0.3) is 0 Å². The molecule has 2 N–H and O–H groups in total. The predicted molar refractivity (Wildman–Crippen MR) is 80.1 cm³/mol. The zero-order valence-electron chi connectivity index (χ0n) is 12.6. The zero-order valence-corrected chi connectivity index (χ0v) is 13.5. The number of halogens is 1. The molecule has 0 heterocycles. The molecule has 0 fully saturated rings. The summed E-state index contributed by atoms with van der Waals surface area (Å²) in [6.07, 6.45) is 0.975. The fourth-order valence-electron chi connectivity index (χ4n) is 1.89. The lowest BCUT2D eigenvalue weighted by Gasteiger charge is -2.14. The number of nitrogens with one attached hydrogen (secondary N) is 2. The van der Waals surface area contributed by atoms with Gasteiger partial charge in [0.25, 0.3) is 0 Å². The van der Waals surface area contributed by atoms with E-state index in [1.165, 1.54) is 19.2 Å². The third kappa shape index (κ3) is 5.70. The molecule has 0 radical (unpaired) electrons. The van der Waals surface area contributed by atoms with E-state index in [0.29, 0.717) is 6.54 Å². The number of methoxy groups -OCH3 is 1. The molecule has 7 heteroatoms. The Kier molecular flexibility index (Phi) is 7.24. The minimum atomic E-state index is -3.90. The standard InChI is InChI=1S/C14H23FN2O3S/c1-4-7-16-9-12-5-6-13(15)14(8-12)21(18,19)17-11(2)10-20-3/h5-6,8,11,16-17H,4,7,9-10H2,1-3H3. The summed E-state index contributed by atoms with van der Waals surface area (Å²) in [4.78, 5) is -0.332. The molecule has 21 heavy (non-hydrogen) atoms. The lowest BCUT2D eigenvalue weighted by atomic mass is 10.2. The summed E-state index contributed by atoms with van der Waals surface area (Å²) in [7, 11) is -2.42. The Morgan fingerprint density at radius 1 is 1.38 bits per heavy atom. The van der Waals surface area contributed by atoms with Crippen molar-refractivity contribution >= 4 is 10.0 Å². The Balaban J connectivity index is 2.91. The molecule has 0 saturated heterocycles. The van der Waals surface area contributed by atoms with Gasteiger partial charge in [0.1, 0.15) is 10.7 Å². The maximum atomic E-state index is 13.8. The van der Waals surface area contributed by atoms with Crippen LogP contribution in [0.5, 0.6) is 0 Å². The zero-order chi connectivity index (χ0) is 15.9. The van der Waals surface area contributed by atoms with Crippen LogP contribution in [-0.4, -0.2) is 34.7 Å². The van der Waals surface area contributed by atoms with E-state index in [9.17, 15) is 12.8 Å². The SMILES string of the molecule is CCCNCc1ccc(F)c(S(=O)(=O)NC(C)COC)c1. The highest BCUT2D eigenvalue weighted by Gasteiger charge is 2.21. The van der Waals surface area contributed by atoms with Gasteiger partial charge in [-0.1, -0.05) is 13.0 Å². The van der Waals surface area contributed by atoms with E-state index >= 15 is 0 Å². The van der Waals surface area contributed by atoms with Crippen molar-refractivity contribution in [3.8, 4) is 0 Å². The van der Waals surface area contributed by atoms with E-state index in [0.717, 1.165) is 18.5 Å². The molecular formula is C14H23FN2O3S. The molecule has 0 aromatic heterocycles. The monoisotopic (exact) mass is 318 g/mol. The highest BCUT2D eigenvalue weighted by atomic mass is 32.2. The Morgan fingerprint density at radius 2 is 2.10 bits per heavy atom. The molecule has 1 rings (SSSR count). The molecule has 0 amide bonds. The molecule has 0 spiro atoms. The average Bonchev–Trinajstić information content (AvgIpc) is 2.40.